The Kier molecular flexibility index (Phi) is 5.90. The van der Waals surface area contributed by atoms with Crippen molar-refractivity contribution >= 4 is 40.7 Å². The summed E-state index contributed by atoms with van der Waals surface area (Å²) in [5.41, 5.74) is 4.11. The van der Waals surface area contributed by atoms with Crippen LogP contribution in [0.15, 0.2) is 61.0 Å². The number of aromatic nitrogens is 2. The van der Waals surface area contributed by atoms with Gasteiger partial charge in [-0.05, 0) is 48.5 Å². The Morgan fingerprint density at radius 1 is 1.26 bits per heavy atom. The first-order valence-electron chi connectivity index (χ1n) is 10.8. The molecule has 8 nitrogen and oxygen atoms in total. The molecule has 9 heteroatoms. The summed E-state index contributed by atoms with van der Waals surface area (Å²) in [7, 11) is 1.77. The Labute approximate surface area is 201 Å². The lowest BCUT2D eigenvalue weighted by Crippen LogP contribution is -2.34. The first-order valence-corrected chi connectivity index (χ1v) is 11.2. The zero-order chi connectivity index (χ0) is 23.7. The number of carbonyl (C=O) groups is 2. The molecular weight excluding hydrogens is 454 g/mol. The van der Waals surface area contributed by atoms with Gasteiger partial charge in [0.25, 0.3) is 5.91 Å². The summed E-state index contributed by atoms with van der Waals surface area (Å²) in [6.07, 6.45) is 6.27. The largest absolute Gasteiger partial charge is 0.496 e. The molecule has 0 saturated heterocycles. The maximum atomic E-state index is 12.7. The second-order valence-electron chi connectivity index (χ2n) is 8.24. The molecule has 0 radical (unpaired) electrons. The summed E-state index contributed by atoms with van der Waals surface area (Å²) in [5.74, 6) is 0.166. The fourth-order valence-corrected chi connectivity index (χ4v) is 4.18. The van der Waals surface area contributed by atoms with Gasteiger partial charge in [-0.1, -0.05) is 11.6 Å². The number of amides is 2. The molecule has 1 aromatic heterocycles. The summed E-state index contributed by atoms with van der Waals surface area (Å²) in [5, 5.41) is 6.57. The van der Waals surface area contributed by atoms with Gasteiger partial charge in [-0.3, -0.25) is 9.59 Å². The third-order valence-electron chi connectivity index (χ3n) is 5.70. The molecule has 2 aromatic carbocycles. The quantitative estimate of drug-likeness (QED) is 0.567. The Morgan fingerprint density at radius 3 is 2.85 bits per heavy atom. The molecule has 2 aliphatic rings. The molecule has 0 spiro atoms. The molecule has 0 aliphatic carbocycles. The maximum Gasteiger partial charge on any atom is 0.253 e. The first-order chi connectivity index (χ1) is 16.5. The second kappa shape index (κ2) is 9.15. The number of ether oxygens (including phenoxy) is 1. The van der Waals surface area contributed by atoms with E-state index in [1.807, 2.05) is 24.3 Å². The minimum Gasteiger partial charge on any atom is -0.496 e. The molecule has 172 valence electrons. The molecule has 3 heterocycles. The highest BCUT2D eigenvalue weighted by molar-refractivity contribution is 6.31. The smallest absolute Gasteiger partial charge is 0.253 e. The van der Waals surface area contributed by atoms with Crippen molar-refractivity contribution in [2.45, 2.75) is 18.9 Å². The molecule has 1 atom stereocenters. The van der Waals surface area contributed by atoms with Crippen LogP contribution in [-0.4, -0.2) is 46.4 Å². The van der Waals surface area contributed by atoms with Crippen LogP contribution >= 0.6 is 11.6 Å². The van der Waals surface area contributed by atoms with E-state index in [4.69, 9.17) is 16.3 Å². The molecular formula is C25H22ClN5O3. The van der Waals surface area contributed by atoms with Crippen LogP contribution in [0.5, 0.6) is 0 Å². The van der Waals surface area contributed by atoms with Gasteiger partial charge in [0, 0.05) is 47.1 Å². The number of hydrogen-bond donors (Lipinski definition) is 2. The number of anilines is 3. The molecule has 2 N–H and O–H groups in total. The minimum atomic E-state index is -0.146. The van der Waals surface area contributed by atoms with Gasteiger partial charge in [-0.25, -0.2) is 9.97 Å². The summed E-state index contributed by atoms with van der Waals surface area (Å²) in [4.78, 5) is 35.7. The number of hydrogen-bond acceptors (Lipinski definition) is 6. The number of carbonyl (C=O) groups excluding carboxylic acids is 2. The van der Waals surface area contributed by atoms with E-state index in [0.29, 0.717) is 34.5 Å². The predicted molar refractivity (Wildman–Crippen MR) is 130 cm³/mol. The van der Waals surface area contributed by atoms with Crippen molar-refractivity contribution in [3.05, 3.63) is 77.1 Å². The van der Waals surface area contributed by atoms with E-state index in [1.54, 1.807) is 48.7 Å². The summed E-state index contributed by atoms with van der Waals surface area (Å²) in [6, 6.07) is 12.4. The van der Waals surface area contributed by atoms with Gasteiger partial charge >= 0.3 is 0 Å². The Bertz CT molecular complexity index is 1280. The molecule has 3 aromatic rings. The SMILES string of the molecule is CN(CC1CC=CO1)C(=O)c1ccc(Nc2ncc3c(n2)-c2ccc(Cl)cc2NC(=O)C3)cc1. The lowest BCUT2D eigenvalue weighted by atomic mass is 10.1. The summed E-state index contributed by atoms with van der Waals surface area (Å²) >= 11 is 6.11. The van der Waals surface area contributed by atoms with Crippen molar-refractivity contribution in [3.8, 4) is 11.3 Å². The third-order valence-corrected chi connectivity index (χ3v) is 5.94. The highest BCUT2D eigenvalue weighted by Crippen LogP contribution is 2.34. The van der Waals surface area contributed by atoms with Crippen LogP contribution in [0, 0.1) is 0 Å². The Morgan fingerprint density at radius 2 is 2.09 bits per heavy atom. The zero-order valence-corrected chi connectivity index (χ0v) is 19.2. The average Bonchev–Trinajstić information content (AvgIpc) is 3.28. The van der Waals surface area contributed by atoms with E-state index in [2.05, 4.69) is 20.6 Å². The maximum absolute atomic E-state index is 12.7. The van der Waals surface area contributed by atoms with Crippen LogP contribution in [0.2, 0.25) is 5.02 Å². The molecule has 2 aliphatic heterocycles. The number of rotatable bonds is 5. The van der Waals surface area contributed by atoms with Crippen molar-refractivity contribution in [1.82, 2.24) is 14.9 Å². The highest BCUT2D eigenvalue weighted by Gasteiger charge is 2.22. The van der Waals surface area contributed by atoms with Gasteiger partial charge in [-0.15, -0.1) is 0 Å². The lowest BCUT2D eigenvalue weighted by molar-refractivity contribution is -0.115. The lowest BCUT2D eigenvalue weighted by Gasteiger charge is -2.21. The molecule has 1 unspecified atom stereocenters. The van der Waals surface area contributed by atoms with Crippen LogP contribution in [0.4, 0.5) is 17.3 Å². The third kappa shape index (κ3) is 4.58. The number of likely N-dealkylation sites (N-methyl/N-ethyl adjacent to an activating group) is 1. The molecule has 0 fully saturated rings. The van der Waals surface area contributed by atoms with Gasteiger partial charge in [-0.2, -0.15) is 0 Å². The van der Waals surface area contributed by atoms with E-state index in [-0.39, 0.29) is 24.3 Å². The van der Waals surface area contributed by atoms with E-state index in [0.717, 1.165) is 23.2 Å². The van der Waals surface area contributed by atoms with Gasteiger partial charge in [0.05, 0.1) is 30.6 Å². The van der Waals surface area contributed by atoms with Crippen molar-refractivity contribution in [3.63, 3.8) is 0 Å². The van der Waals surface area contributed by atoms with Crippen LogP contribution < -0.4 is 10.6 Å². The minimum absolute atomic E-state index is 0.00639. The number of benzene rings is 2. The van der Waals surface area contributed by atoms with Gasteiger partial charge in [0.1, 0.15) is 6.10 Å². The fraction of sp³-hybridized carbons (Fsp3) is 0.200. The van der Waals surface area contributed by atoms with Gasteiger partial charge in [0.15, 0.2) is 0 Å². The highest BCUT2D eigenvalue weighted by atomic mass is 35.5. The molecule has 0 bridgehead atoms. The summed E-state index contributed by atoms with van der Waals surface area (Å²) < 4.78 is 5.45. The van der Waals surface area contributed by atoms with E-state index in [1.165, 1.54) is 0 Å². The fourth-order valence-electron chi connectivity index (χ4n) is 4.00. The molecule has 5 rings (SSSR count). The predicted octanol–water partition coefficient (Wildman–Crippen LogP) is 4.41. The second-order valence-corrected chi connectivity index (χ2v) is 8.67. The molecule has 0 saturated carbocycles. The van der Waals surface area contributed by atoms with Crippen molar-refractivity contribution in [2.24, 2.45) is 0 Å². The normalized spacial score (nSPS) is 16.1. The number of nitrogens with one attached hydrogen (secondary N) is 2. The monoisotopic (exact) mass is 475 g/mol. The zero-order valence-electron chi connectivity index (χ0n) is 18.4. The first kappa shape index (κ1) is 21.9. The van der Waals surface area contributed by atoms with Crippen molar-refractivity contribution < 1.29 is 14.3 Å². The van der Waals surface area contributed by atoms with Crippen LogP contribution in [0.1, 0.15) is 22.3 Å². The van der Waals surface area contributed by atoms with E-state index in [9.17, 15) is 9.59 Å². The number of halogens is 1. The Hall–Kier alpha value is -3.91. The van der Waals surface area contributed by atoms with Gasteiger partial charge in [0.2, 0.25) is 11.9 Å². The Balaban J connectivity index is 1.33. The number of fused-ring (bicyclic) bond motifs is 3. The average molecular weight is 476 g/mol. The van der Waals surface area contributed by atoms with E-state index >= 15 is 0 Å². The van der Waals surface area contributed by atoms with Crippen LogP contribution in [-0.2, 0) is 16.0 Å². The van der Waals surface area contributed by atoms with Crippen LogP contribution in [0.3, 0.4) is 0 Å². The topological polar surface area (TPSA) is 96.4 Å². The standard InChI is InChI=1S/C25H22ClN5O3/c1-31(14-19-3-2-10-34-19)24(33)15-4-7-18(8-5-15)28-25-27-13-16-11-22(32)29-21-12-17(26)6-9-20(21)23(16)30-25/h2,4-10,12-13,19H,3,11,14H2,1H3,(H,29,32)(H,27,28,30). The molecule has 34 heavy (non-hydrogen) atoms. The van der Waals surface area contributed by atoms with Gasteiger partial charge < -0.3 is 20.3 Å². The van der Waals surface area contributed by atoms with E-state index < -0.39 is 0 Å². The van der Waals surface area contributed by atoms with Crippen molar-refractivity contribution in [1.29, 1.82) is 0 Å². The summed E-state index contributed by atoms with van der Waals surface area (Å²) in [6.45, 7) is 0.527. The van der Waals surface area contributed by atoms with Crippen LogP contribution in [0.25, 0.3) is 11.3 Å². The number of nitrogens with zero attached hydrogens (tertiary/aromatic N) is 3. The van der Waals surface area contributed by atoms with Crippen molar-refractivity contribution in [2.75, 3.05) is 24.2 Å². The molecule has 2 amide bonds.